The lowest BCUT2D eigenvalue weighted by molar-refractivity contribution is 0.259. The summed E-state index contributed by atoms with van der Waals surface area (Å²) >= 11 is 0. The van der Waals surface area contributed by atoms with Crippen LogP contribution in [0.5, 0.6) is 5.75 Å². The van der Waals surface area contributed by atoms with Gasteiger partial charge < -0.3 is 9.64 Å². The maximum absolute atomic E-state index is 8.72. The van der Waals surface area contributed by atoms with E-state index in [4.69, 9.17) is 10.00 Å². The molecule has 1 aromatic carbocycles. The lowest BCUT2D eigenvalue weighted by atomic mass is 10.2. The van der Waals surface area contributed by atoms with Gasteiger partial charge in [-0.15, -0.1) is 0 Å². The molecule has 0 saturated heterocycles. The van der Waals surface area contributed by atoms with Crippen LogP contribution in [0.2, 0.25) is 0 Å². The van der Waals surface area contributed by atoms with Crippen molar-refractivity contribution in [1.29, 1.82) is 5.26 Å². The van der Waals surface area contributed by atoms with Crippen LogP contribution in [0.3, 0.4) is 0 Å². The summed E-state index contributed by atoms with van der Waals surface area (Å²) in [6.07, 6.45) is 4.59. The number of ether oxygens (including phenoxy) is 1. The van der Waals surface area contributed by atoms with Crippen LogP contribution in [0.15, 0.2) is 48.8 Å². The van der Waals surface area contributed by atoms with Crippen molar-refractivity contribution in [3.63, 3.8) is 0 Å². The van der Waals surface area contributed by atoms with Crippen LogP contribution in [0.25, 0.3) is 0 Å². The maximum atomic E-state index is 8.72. The van der Waals surface area contributed by atoms with Crippen molar-refractivity contribution in [3.05, 3.63) is 59.9 Å². The van der Waals surface area contributed by atoms with Gasteiger partial charge in [0.15, 0.2) is 0 Å². The van der Waals surface area contributed by atoms with Crippen molar-refractivity contribution in [1.82, 2.24) is 9.88 Å². The SMILES string of the molecule is CN(CCCOc1ccc(C#N)cc1)Cc1ccncc1. The number of hydrogen-bond acceptors (Lipinski definition) is 4. The molecule has 21 heavy (non-hydrogen) atoms. The molecule has 0 saturated carbocycles. The number of aromatic nitrogens is 1. The van der Waals surface area contributed by atoms with E-state index in [1.54, 1.807) is 12.1 Å². The molecule has 2 aromatic rings. The van der Waals surface area contributed by atoms with E-state index >= 15 is 0 Å². The first-order valence-corrected chi connectivity index (χ1v) is 6.98. The third-order valence-electron chi connectivity index (χ3n) is 3.14. The van der Waals surface area contributed by atoms with Gasteiger partial charge in [-0.25, -0.2) is 0 Å². The van der Waals surface area contributed by atoms with Crippen LogP contribution < -0.4 is 4.74 Å². The second-order valence-corrected chi connectivity index (χ2v) is 4.93. The summed E-state index contributed by atoms with van der Waals surface area (Å²) in [5.41, 5.74) is 1.92. The van der Waals surface area contributed by atoms with Gasteiger partial charge in [-0.05, 0) is 55.4 Å². The summed E-state index contributed by atoms with van der Waals surface area (Å²) in [6.45, 7) is 2.56. The van der Waals surface area contributed by atoms with E-state index in [0.29, 0.717) is 12.2 Å². The molecular weight excluding hydrogens is 262 g/mol. The Balaban J connectivity index is 1.66. The first kappa shape index (κ1) is 15.0. The van der Waals surface area contributed by atoms with Crippen LogP contribution in [-0.4, -0.2) is 30.1 Å². The van der Waals surface area contributed by atoms with Crippen LogP contribution in [0, 0.1) is 11.3 Å². The Morgan fingerprint density at radius 3 is 2.52 bits per heavy atom. The predicted molar refractivity (Wildman–Crippen MR) is 81.8 cm³/mol. The molecule has 0 radical (unpaired) electrons. The normalized spacial score (nSPS) is 10.3. The molecule has 0 aliphatic rings. The highest BCUT2D eigenvalue weighted by Crippen LogP contribution is 2.11. The molecule has 2 rings (SSSR count). The average molecular weight is 281 g/mol. The Morgan fingerprint density at radius 1 is 1.14 bits per heavy atom. The van der Waals surface area contributed by atoms with Crippen molar-refractivity contribution in [2.24, 2.45) is 0 Å². The summed E-state index contributed by atoms with van der Waals surface area (Å²) in [6, 6.07) is 13.4. The third-order valence-corrected chi connectivity index (χ3v) is 3.14. The van der Waals surface area contributed by atoms with Crippen molar-refractivity contribution in [2.75, 3.05) is 20.2 Å². The molecule has 0 atom stereocenters. The van der Waals surface area contributed by atoms with Crippen molar-refractivity contribution in [3.8, 4) is 11.8 Å². The van der Waals surface area contributed by atoms with Crippen LogP contribution in [-0.2, 0) is 6.54 Å². The van der Waals surface area contributed by atoms with Gasteiger partial charge in [-0.2, -0.15) is 5.26 Å². The molecule has 0 fully saturated rings. The molecule has 108 valence electrons. The minimum absolute atomic E-state index is 0.652. The molecule has 0 amide bonds. The number of nitrogens with zero attached hydrogens (tertiary/aromatic N) is 3. The fourth-order valence-electron chi connectivity index (χ4n) is 2.03. The van der Waals surface area contributed by atoms with Crippen molar-refractivity contribution >= 4 is 0 Å². The Labute approximate surface area is 125 Å². The Bertz CT molecular complexity index is 575. The molecule has 0 spiro atoms. The lowest BCUT2D eigenvalue weighted by Gasteiger charge is -2.16. The first-order chi connectivity index (χ1) is 10.3. The number of nitriles is 1. The van der Waals surface area contributed by atoms with Crippen LogP contribution >= 0.6 is 0 Å². The minimum Gasteiger partial charge on any atom is -0.494 e. The summed E-state index contributed by atoms with van der Waals surface area (Å²) in [5, 5.41) is 8.72. The summed E-state index contributed by atoms with van der Waals surface area (Å²) in [4.78, 5) is 6.28. The second-order valence-electron chi connectivity index (χ2n) is 4.93. The van der Waals surface area contributed by atoms with Gasteiger partial charge in [0.2, 0.25) is 0 Å². The molecule has 0 unspecified atom stereocenters. The van der Waals surface area contributed by atoms with Gasteiger partial charge in [-0.3, -0.25) is 4.98 Å². The number of pyridine rings is 1. The topological polar surface area (TPSA) is 49.1 Å². The van der Waals surface area contributed by atoms with Gasteiger partial charge in [0.25, 0.3) is 0 Å². The Kier molecular flexibility index (Phi) is 5.74. The number of hydrogen-bond donors (Lipinski definition) is 0. The molecule has 0 aliphatic heterocycles. The monoisotopic (exact) mass is 281 g/mol. The smallest absolute Gasteiger partial charge is 0.119 e. The minimum atomic E-state index is 0.652. The number of rotatable bonds is 7. The molecule has 0 N–H and O–H groups in total. The predicted octanol–water partition coefficient (Wildman–Crippen LogP) is 2.85. The van der Waals surface area contributed by atoms with E-state index in [0.717, 1.165) is 25.3 Å². The van der Waals surface area contributed by atoms with Crippen molar-refractivity contribution in [2.45, 2.75) is 13.0 Å². The van der Waals surface area contributed by atoms with E-state index in [1.165, 1.54) is 5.56 Å². The molecule has 4 nitrogen and oxygen atoms in total. The van der Waals surface area contributed by atoms with E-state index < -0.39 is 0 Å². The molecule has 1 heterocycles. The second kappa shape index (κ2) is 8.03. The van der Waals surface area contributed by atoms with E-state index in [1.807, 2.05) is 36.7 Å². The van der Waals surface area contributed by atoms with E-state index in [-0.39, 0.29) is 0 Å². The lowest BCUT2D eigenvalue weighted by Crippen LogP contribution is -2.20. The van der Waals surface area contributed by atoms with Crippen LogP contribution in [0.1, 0.15) is 17.5 Å². The Hall–Kier alpha value is -2.38. The Morgan fingerprint density at radius 2 is 1.86 bits per heavy atom. The zero-order chi connectivity index (χ0) is 14.9. The molecule has 0 aliphatic carbocycles. The zero-order valence-electron chi connectivity index (χ0n) is 12.2. The molecular formula is C17H19N3O. The zero-order valence-corrected chi connectivity index (χ0v) is 12.2. The first-order valence-electron chi connectivity index (χ1n) is 6.98. The van der Waals surface area contributed by atoms with Gasteiger partial charge in [0, 0.05) is 25.5 Å². The highest BCUT2D eigenvalue weighted by Gasteiger charge is 2.00. The highest BCUT2D eigenvalue weighted by molar-refractivity contribution is 5.34. The van der Waals surface area contributed by atoms with Gasteiger partial charge in [0.05, 0.1) is 18.2 Å². The summed E-state index contributed by atoms with van der Waals surface area (Å²) in [5.74, 6) is 0.811. The van der Waals surface area contributed by atoms with Gasteiger partial charge in [0.1, 0.15) is 5.75 Å². The summed E-state index contributed by atoms with van der Waals surface area (Å²) < 4.78 is 5.66. The summed E-state index contributed by atoms with van der Waals surface area (Å²) in [7, 11) is 2.10. The van der Waals surface area contributed by atoms with Gasteiger partial charge >= 0.3 is 0 Å². The fourth-order valence-corrected chi connectivity index (χ4v) is 2.03. The molecule has 0 bridgehead atoms. The largest absolute Gasteiger partial charge is 0.494 e. The van der Waals surface area contributed by atoms with Crippen molar-refractivity contribution < 1.29 is 4.74 Å². The molecule has 1 aromatic heterocycles. The standard InChI is InChI=1S/C17H19N3O/c1-20(14-16-7-9-19-10-8-16)11-2-12-21-17-5-3-15(13-18)4-6-17/h3-10H,2,11-12,14H2,1H3. The molecule has 4 heteroatoms. The van der Waals surface area contributed by atoms with E-state index in [9.17, 15) is 0 Å². The quantitative estimate of drug-likeness (QED) is 0.732. The van der Waals surface area contributed by atoms with Crippen LogP contribution in [0.4, 0.5) is 0 Å². The van der Waals surface area contributed by atoms with Gasteiger partial charge in [-0.1, -0.05) is 0 Å². The maximum Gasteiger partial charge on any atom is 0.119 e. The highest BCUT2D eigenvalue weighted by atomic mass is 16.5. The average Bonchev–Trinajstić information content (AvgIpc) is 2.53. The van der Waals surface area contributed by atoms with E-state index in [2.05, 4.69) is 23.0 Å². The number of benzene rings is 1. The fraction of sp³-hybridized carbons (Fsp3) is 0.294. The third kappa shape index (κ3) is 5.25.